The van der Waals surface area contributed by atoms with E-state index in [4.69, 9.17) is 0 Å². The minimum absolute atomic E-state index is 0.0266. The lowest BCUT2D eigenvalue weighted by Gasteiger charge is -2.12. The van der Waals surface area contributed by atoms with Gasteiger partial charge in [-0.05, 0) is 24.9 Å². The molecule has 1 aromatic rings. The van der Waals surface area contributed by atoms with Crippen molar-refractivity contribution in [3.63, 3.8) is 0 Å². The smallest absolute Gasteiger partial charge is 0.105 e. The Morgan fingerprint density at radius 2 is 2.00 bits per heavy atom. The molecule has 1 atom stereocenters. The van der Waals surface area contributed by atoms with Crippen molar-refractivity contribution in [1.29, 1.82) is 0 Å². The maximum absolute atomic E-state index is 12.3. The molecular formula is C12H18FN. The molecule has 0 aliphatic carbocycles. The van der Waals surface area contributed by atoms with Gasteiger partial charge in [-0.1, -0.05) is 37.3 Å². The normalized spacial score (nSPS) is 12.7. The predicted octanol–water partition coefficient (Wildman–Crippen LogP) is 2.57. The van der Waals surface area contributed by atoms with Gasteiger partial charge in [0.2, 0.25) is 0 Å². The second-order valence-electron chi connectivity index (χ2n) is 3.45. The van der Waals surface area contributed by atoms with Gasteiger partial charge >= 0.3 is 0 Å². The van der Waals surface area contributed by atoms with Gasteiger partial charge in [-0.15, -0.1) is 0 Å². The van der Waals surface area contributed by atoms with Gasteiger partial charge in [0.1, 0.15) is 6.67 Å². The maximum atomic E-state index is 12.3. The zero-order chi connectivity index (χ0) is 10.2. The molecule has 0 spiro atoms. The van der Waals surface area contributed by atoms with Crippen molar-refractivity contribution in [1.82, 2.24) is 5.32 Å². The third-order valence-electron chi connectivity index (χ3n) is 2.37. The van der Waals surface area contributed by atoms with Crippen LogP contribution in [-0.2, 0) is 6.42 Å². The van der Waals surface area contributed by atoms with E-state index in [1.165, 1.54) is 5.56 Å². The number of hydrogen-bond acceptors (Lipinski definition) is 1. The quantitative estimate of drug-likeness (QED) is 0.735. The van der Waals surface area contributed by atoms with Crippen molar-refractivity contribution in [3.8, 4) is 0 Å². The van der Waals surface area contributed by atoms with Crippen molar-refractivity contribution < 1.29 is 4.39 Å². The number of benzene rings is 1. The third kappa shape index (κ3) is 3.88. The molecule has 0 fully saturated rings. The fraction of sp³-hybridized carbons (Fsp3) is 0.500. The molecule has 78 valence electrons. The Bertz CT molecular complexity index is 231. The Balaban J connectivity index is 2.21. The van der Waals surface area contributed by atoms with E-state index < -0.39 is 0 Å². The SMILES string of the molecule is CCC(CF)NCCc1ccccc1. The Morgan fingerprint density at radius 3 is 2.57 bits per heavy atom. The molecule has 1 rings (SSSR count). The van der Waals surface area contributed by atoms with E-state index in [0.29, 0.717) is 0 Å². The Labute approximate surface area is 85.3 Å². The standard InChI is InChI=1S/C12H18FN/c1-2-12(10-13)14-9-8-11-6-4-3-5-7-11/h3-7,12,14H,2,8-10H2,1H3. The van der Waals surface area contributed by atoms with Crippen LogP contribution in [0.4, 0.5) is 4.39 Å². The van der Waals surface area contributed by atoms with Crippen molar-refractivity contribution in [2.75, 3.05) is 13.2 Å². The molecule has 1 aromatic carbocycles. The molecule has 0 saturated heterocycles. The number of rotatable bonds is 6. The first-order valence-corrected chi connectivity index (χ1v) is 5.20. The van der Waals surface area contributed by atoms with E-state index in [1.807, 2.05) is 25.1 Å². The summed E-state index contributed by atoms with van der Waals surface area (Å²) in [4.78, 5) is 0. The van der Waals surface area contributed by atoms with Gasteiger partial charge in [0.05, 0.1) is 0 Å². The van der Waals surface area contributed by atoms with Crippen molar-refractivity contribution in [2.24, 2.45) is 0 Å². The van der Waals surface area contributed by atoms with E-state index >= 15 is 0 Å². The zero-order valence-electron chi connectivity index (χ0n) is 8.67. The van der Waals surface area contributed by atoms with E-state index in [2.05, 4.69) is 17.4 Å². The monoisotopic (exact) mass is 195 g/mol. The summed E-state index contributed by atoms with van der Waals surface area (Å²) >= 11 is 0. The van der Waals surface area contributed by atoms with Gasteiger partial charge in [0.25, 0.3) is 0 Å². The average molecular weight is 195 g/mol. The van der Waals surface area contributed by atoms with Gasteiger partial charge in [-0.25, -0.2) is 4.39 Å². The number of alkyl halides is 1. The van der Waals surface area contributed by atoms with Crippen LogP contribution in [0.1, 0.15) is 18.9 Å². The summed E-state index contributed by atoms with van der Waals surface area (Å²) in [7, 11) is 0. The van der Waals surface area contributed by atoms with Crippen LogP contribution in [0.3, 0.4) is 0 Å². The molecule has 0 aliphatic rings. The second-order valence-corrected chi connectivity index (χ2v) is 3.45. The lowest BCUT2D eigenvalue weighted by molar-refractivity contribution is 0.368. The molecule has 0 amide bonds. The van der Waals surface area contributed by atoms with Gasteiger partial charge in [-0.2, -0.15) is 0 Å². The molecule has 14 heavy (non-hydrogen) atoms. The number of hydrogen-bond donors (Lipinski definition) is 1. The highest BCUT2D eigenvalue weighted by Gasteiger charge is 2.02. The molecule has 0 aromatic heterocycles. The van der Waals surface area contributed by atoms with Crippen LogP contribution in [-0.4, -0.2) is 19.3 Å². The van der Waals surface area contributed by atoms with Gasteiger partial charge in [-0.3, -0.25) is 0 Å². The van der Waals surface area contributed by atoms with Crippen molar-refractivity contribution >= 4 is 0 Å². The van der Waals surface area contributed by atoms with E-state index in [0.717, 1.165) is 19.4 Å². The van der Waals surface area contributed by atoms with Crippen LogP contribution >= 0.6 is 0 Å². The molecule has 0 heterocycles. The molecule has 1 N–H and O–H groups in total. The van der Waals surface area contributed by atoms with E-state index in [9.17, 15) is 4.39 Å². The molecule has 1 nitrogen and oxygen atoms in total. The fourth-order valence-corrected chi connectivity index (χ4v) is 1.37. The van der Waals surface area contributed by atoms with Crippen LogP contribution in [0, 0.1) is 0 Å². The summed E-state index contributed by atoms with van der Waals surface area (Å²) in [6.45, 7) is 2.58. The minimum Gasteiger partial charge on any atom is -0.311 e. The molecule has 0 bridgehead atoms. The summed E-state index contributed by atoms with van der Waals surface area (Å²) in [6.07, 6.45) is 1.82. The first-order valence-electron chi connectivity index (χ1n) is 5.20. The Morgan fingerprint density at radius 1 is 1.29 bits per heavy atom. The Hall–Kier alpha value is -0.890. The first-order chi connectivity index (χ1) is 6.86. The highest BCUT2D eigenvalue weighted by Crippen LogP contribution is 1.99. The first kappa shape index (κ1) is 11.2. The summed E-state index contributed by atoms with van der Waals surface area (Å²) in [5.74, 6) is 0. The van der Waals surface area contributed by atoms with Gasteiger partial charge < -0.3 is 5.32 Å². The zero-order valence-corrected chi connectivity index (χ0v) is 8.67. The van der Waals surface area contributed by atoms with Gasteiger partial charge in [0, 0.05) is 6.04 Å². The second kappa shape index (κ2) is 6.55. The minimum atomic E-state index is -0.273. The van der Waals surface area contributed by atoms with Gasteiger partial charge in [0.15, 0.2) is 0 Å². The third-order valence-corrected chi connectivity index (χ3v) is 2.37. The summed E-state index contributed by atoms with van der Waals surface area (Å²) in [5, 5.41) is 3.19. The average Bonchev–Trinajstić information content (AvgIpc) is 2.26. The van der Waals surface area contributed by atoms with Crippen LogP contribution < -0.4 is 5.32 Å². The van der Waals surface area contributed by atoms with E-state index in [1.54, 1.807) is 0 Å². The molecule has 0 aliphatic heterocycles. The van der Waals surface area contributed by atoms with Crippen LogP contribution in [0.15, 0.2) is 30.3 Å². The van der Waals surface area contributed by atoms with Crippen molar-refractivity contribution in [2.45, 2.75) is 25.8 Å². The number of halogens is 1. The van der Waals surface area contributed by atoms with Crippen LogP contribution in [0.2, 0.25) is 0 Å². The summed E-state index contributed by atoms with van der Waals surface area (Å²) in [6, 6.07) is 10.3. The fourth-order valence-electron chi connectivity index (χ4n) is 1.37. The maximum Gasteiger partial charge on any atom is 0.105 e. The summed E-state index contributed by atoms with van der Waals surface area (Å²) < 4.78 is 12.3. The summed E-state index contributed by atoms with van der Waals surface area (Å²) in [5.41, 5.74) is 1.30. The molecule has 0 radical (unpaired) electrons. The molecule has 1 unspecified atom stereocenters. The molecular weight excluding hydrogens is 177 g/mol. The molecule has 2 heteroatoms. The number of nitrogens with one attached hydrogen (secondary N) is 1. The predicted molar refractivity (Wildman–Crippen MR) is 58.2 cm³/mol. The lowest BCUT2D eigenvalue weighted by atomic mass is 10.1. The lowest BCUT2D eigenvalue weighted by Crippen LogP contribution is -2.31. The highest BCUT2D eigenvalue weighted by atomic mass is 19.1. The van der Waals surface area contributed by atoms with Crippen LogP contribution in [0.25, 0.3) is 0 Å². The van der Waals surface area contributed by atoms with Crippen LogP contribution in [0.5, 0.6) is 0 Å². The Kier molecular flexibility index (Phi) is 5.23. The molecule has 0 saturated carbocycles. The van der Waals surface area contributed by atoms with E-state index in [-0.39, 0.29) is 12.7 Å². The largest absolute Gasteiger partial charge is 0.311 e. The topological polar surface area (TPSA) is 12.0 Å². The highest BCUT2D eigenvalue weighted by molar-refractivity contribution is 5.14. The van der Waals surface area contributed by atoms with Crippen molar-refractivity contribution in [3.05, 3.63) is 35.9 Å².